The van der Waals surface area contributed by atoms with Crippen LogP contribution in [0.25, 0.3) is 11.4 Å². The lowest BCUT2D eigenvalue weighted by Gasteiger charge is -2.09. The van der Waals surface area contributed by atoms with Crippen LogP contribution in [0.3, 0.4) is 0 Å². The smallest absolute Gasteiger partial charge is 0.264 e. The Hall–Kier alpha value is -2.67. The van der Waals surface area contributed by atoms with Crippen molar-refractivity contribution in [3.63, 3.8) is 0 Å². The van der Waals surface area contributed by atoms with Crippen LogP contribution in [0.4, 0.5) is 0 Å². The van der Waals surface area contributed by atoms with Gasteiger partial charge in [-0.15, -0.1) is 0 Å². The minimum Gasteiger partial charge on any atom is -0.493 e. The fourth-order valence-electron chi connectivity index (χ4n) is 2.07. The van der Waals surface area contributed by atoms with Crippen molar-refractivity contribution in [3.05, 3.63) is 58.4 Å². The molecule has 0 radical (unpaired) electrons. The molecule has 0 spiro atoms. The van der Waals surface area contributed by atoms with E-state index >= 15 is 0 Å². The first-order valence-electron chi connectivity index (χ1n) is 7.04. The predicted octanol–water partition coefficient (Wildman–Crippen LogP) is 3.90. The molecule has 3 rings (SSSR count). The first-order valence-corrected chi connectivity index (χ1v) is 7.83. The van der Waals surface area contributed by atoms with E-state index in [1.807, 2.05) is 24.3 Å². The summed E-state index contributed by atoms with van der Waals surface area (Å²) in [5.74, 6) is 1.78. The number of ether oxygens (including phenoxy) is 2. The Morgan fingerprint density at radius 1 is 1.21 bits per heavy atom. The van der Waals surface area contributed by atoms with Crippen LogP contribution in [0.5, 0.6) is 11.5 Å². The molecule has 0 saturated carbocycles. The molecule has 0 fully saturated rings. The van der Waals surface area contributed by atoms with Crippen LogP contribution in [0.2, 0.25) is 0 Å². The number of hydrogen-bond donors (Lipinski definition) is 0. The molecule has 0 amide bonds. The summed E-state index contributed by atoms with van der Waals surface area (Å²) in [7, 11) is 1.51. The summed E-state index contributed by atoms with van der Waals surface area (Å²) in [4.78, 5) is 15.1. The van der Waals surface area contributed by atoms with Gasteiger partial charge in [-0.2, -0.15) is 4.98 Å². The number of halogens is 1. The van der Waals surface area contributed by atoms with Crippen LogP contribution in [0.1, 0.15) is 16.2 Å². The van der Waals surface area contributed by atoms with E-state index in [2.05, 4.69) is 26.1 Å². The molecule has 1 heterocycles. The number of aldehydes is 1. The third kappa shape index (κ3) is 3.62. The van der Waals surface area contributed by atoms with E-state index < -0.39 is 0 Å². The van der Waals surface area contributed by atoms with Gasteiger partial charge in [0.15, 0.2) is 18.1 Å². The van der Waals surface area contributed by atoms with E-state index in [4.69, 9.17) is 14.0 Å². The van der Waals surface area contributed by atoms with Crippen molar-refractivity contribution in [2.24, 2.45) is 0 Å². The molecule has 6 nitrogen and oxygen atoms in total. The van der Waals surface area contributed by atoms with Crippen molar-refractivity contribution in [2.75, 3.05) is 7.11 Å². The minimum atomic E-state index is 0.0950. The Morgan fingerprint density at radius 2 is 2.08 bits per heavy atom. The number of rotatable bonds is 6. The number of carbonyl (C=O) groups excluding carboxylic acids is 1. The number of methoxy groups -OCH3 is 1. The molecule has 0 aliphatic carbocycles. The fraction of sp³-hybridized carbons (Fsp3) is 0.118. The van der Waals surface area contributed by atoms with Crippen molar-refractivity contribution >= 4 is 22.2 Å². The number of nitrogens with zero attached hydrogens (tertiary/aromatic N) is 2. The molecule has 122 valence electrons. The van der Waals surface area contributed by atoms with Gasteiger partial charge in [0.25, 0.3) is 5.89 Å². The Kier molecular flexibility index (Phi) is 4.90. The zero-order valence-electron chi connectivity index (χ0n) is 12.7. The lowest BCUT2D eigenvalue weighted by molar-refractivity contribution is 0.112. The van der Waals surface area contributed by atoms with Crippen molar-refractivity contribution in [1.82, 2.24) is 10.1 Å². The first kappa shape index (κ1) is 16.2. The van der Waals surface area contributed by atoms with Gasteiger partial charge in [0, 0.05) is 15.6 Å². The number of benzene rings is 2. The van der Waals surface area contributed by atoms with Crippen molar-refractivity contribution < 1.29 is 18.8 Å². The van der Waals surface area contributed by atoms with Gasteiger partial charge in [0.05, 0.1) is 7.11 Å². The molecule has 0 bridgehead atoms. The van der Waals surface area contributed by atoms with E-state index in [0.29, 0.717) is 28.8 Å². The zero-order valence-corrected chi connectivity index (χ0v) is 14.3. The lowest BCUT2D eigenvalue weighted by Crippen LogP contribution is -1.98. The van der Waals surface area contributed by atoms with Gasteiger partial charge in [0.2, 0.25) is 5.82 Å². The van der Waals surface area contributed by atoms with E-state index in [1.54, 1.807) is 18.2 Å². The molecule has 0 unspecified atom stereocenters. The van der Waals surface area contributed by atoms with Crippen LogP contribution in [-0.2, 0) is 6.61 Å². The molecule has 0 saturated heterocycles. The first-order chi connectivity index (χ1) is 11.7. The maximum Gasteiger partial charge on any atom is 0.264 e. The topological polar surface area (TPSA) is 74.5 Å². The quantitative estimate of drug-likeness (QED) is 0.596. The third-order valence-corrected chi connectivity index (χ3v) is 3.72. The molecule has 2 aromatic carbocycles. The second-order valence-electron chi connectivity index (χ2n) is 4.84. The summed E-state index contributed by atoms with van der Waals surface area (Å²) in [6.07, 6.45) is 0.745. The Bertz CT molecular complexity index is 863. The van der Waals surface area contributed by atoms with Gasteiger partial charge in [0.1, 0.15) is 6.29 Å². The van der Waals surface area contributed by atoms with Gasteiger partial charge < -0.3 is 14.0 Å². The van der Waals surface area contributed by atoms with Crippen molar-refractivity contribution in [2.45, 2.75) is 6.61 Å². The Balaban J connectivity index is 1.73. The summed E-state index contributed by atoms with van der Waals surface area (Å²) in [5, 5.41) is 3.95. The largest absolute Gasteiger partial charge is 0.493 e. The molecule has 3 aromatic rings. The summed E-state index contributed by atoms with van der Waals surface area (Å²) < 4.78 is 17.0. The van der Waals surface area contributed by atoms with Gasteiger partial charge >= 0.3 is 0 Å². The van der Waals surface area contributed by atoms with Crippen LogP contribution in [0.15, 0.2) is 51.5 Å². The van der Waals surface area contributed by atoms with E-state index in [9.17, 15) is 4.79 Å². The maximum absolute atomic E-state index is 10.8. The molecule has 7 heteroatoms. The molecule has 0 aliphatic rings. The van der Waals surface area contributed by atoms with E-state index in [1.165, 1.54) is 7.11 Å². The van der Waals surface area contributed by atoms with Crippen molar-refractivity contribution in [1.29, 1.82) is 0 Å². The van der Waals surface area contributed by atoms with Crippen LogP contribution in [0, 0.1) is 0 Å². The highest BCUT2D eigenvalue weighted by Crippen LogP contribution is 2.28. The van der Waals surface area contributed by atoms with E-state index in [0.717, 1.165) is 16.3 Å². The SMILES string of the molecule is COc1cc(C=O)ccc1OCc1nc(-c2cccc(Br)c2)no1. The average molecular weight is 389 g/mol. The highest BCUT2D eigenvalue weighted by molar-refractivity contribution is 9.10. The molecule has 0 N–H and O–H groups in total. The lowest BCUT2D eigenvalue weighted by atomic mass is 10.2. The predicted molar refractivity (Wildman–Crippen MR) is 90.1 cm³/mol. The van der Waals surface area contributed by atoms with Crippen molar-refractivity contribution in [3.8, 4) is 22.9 Å². The minimum absolute atomic E-state index is 0.0950. The monoisotopic (exact) mass is 388 g/mol. The van der Waals surface area contributed by atoms with Gasteiger partial charge in [-0.3, -0.25) is 4.79 Å². The van der Waals surface area contributed by atoms with Gasteiger partial charge in [-0.25, -0.2) is 0 Å². The number of aromatic nitrogens is 2. The maximum atomic E-state index is 10.8. The van der Waals surface area contributed by atoms with Crippen LogP contribution >= 0.6 is 15.9 Å². The third-order valence-electron chi connectivity index (χ3n) is 3.23. The molecule has 0 aliphatic heterocycles. The Morgan fingerprint density at radius 3 is 2.83 bits per heavy atom. The molecular formula is C17H13BrN2O4. The summed E-state index contributed by atoms with van der Waals surface area (Å²) in [5.41, 5.74) is 1.35. The summed E-state index contributed by atoms with van der Waals surface area (Å²) in [6, 6.07) is 12.5. The number of carbonyl (C=O) groups is 1. The molecule has 0 atom stereocenters. The average Bonchev–Trinajstić information content (AvgIpc) is 3.09. The Labute approximate surface area is 146 Å². The molecule has 24 heavy (non-hydrogen) atoms. The number of hydrogen-bond acceptors (Lipinski definition) is 6. The second kappa shape index (κ2) is 7.27. The normalized spacial score (nSPS) is 10.4. The highest BCUT2D eigenvalue weighted by Gasteiger charge is 2.11. The molecule has 1 aromatic heterocycles. The van der Waals surface area contributed by atoms with Crippen LogP contribution < -0.4 is 9.47 Å². The highest BCUT2D eigenvalue weighted by atomic mass is 79.9. The van der Waals surface area contributed by atoms with Crippen LogP contribution in [-0.4, -0.2) is 23.5 Å². The summed E-state index contributed by atoms with van der Waals surface area (Å²) in [6.45, 7) is 0.0950. The van der Waals surface area contributed by atoms with Gasteiger partial charge in [-0.05, 0) is 30.3 Å². The fourth-order valence-corrected chi connectivity index (χ4v) is 2.47. The van der Waals surface area contributed by atoms with Gasteiger partial charge in [-0.1, -0.05) is 33.2 Å². The zero-order chi connectivity index (χ0) is 16.9. The summed E-state index contributed by atoms with van der Waals surface area (Å²) >= 11 is 3.41. The second-order valence-corrected chi connectivity index (χ2v) is 5.75. The molecular weight excluding hydrogens is 376 g/mol. The standard InChI is InChI=1S/C17H13BrN2O4/c1-22-15-7-11(9-21)5-6-14(15)23-10-16-19-17(20-24-16)12-3-2-4-13(18)8-12/h2-9H,10H2,1H3. The van der Waals surface area contributed by atoms with E-state index in [-0.39, 0.29) is 6.61 Å².